The standard InChI is InChI=1S/C15H16O2S/c1-2-3-10-17-13-6-4-12(5-7-13)15-9-8-14(11-16)18-15/h4-9,11H,2-3,10H2,1H3. The van der Waals surface area contributed by atoms with Crippen molar-refractivity contribution in [2.45, 2.75) is 19.8 Å². The van der Waals surface area contributed by atoms with E-state index in [2.05, 4.69) is 6.92 Å². The van der Waals surface area contributed by atoms with Gasteiger partial charge in [0.25, 0.3) is 0 Å². The minimum atomic E-state index is 0.758. The van der Waals surface area contributed by atoms with Crippen LogP contribution >= 0.6 is 11.3 Å². The Bertz CT molecular complexity index is 499. The average molecular weight is 260 g/mol. The Morgan fingerprint density at radius 1 is 1.17 bits per heavy atom. The number of ether oxygens (including phenoxy) is 1. The molecule has 1 heterocycles. The number of carbonyl (C=O) groups is 1. The lowest BCUT2D eigenvalue weighted by Crippen LogP contribution is -1.95. The van der Waals surface area contributed by atoms with E-state index in [-0.39, 0.29) is 0 Å². The number of hydrogen-bond donors (Lipinski definition) is 0. The highest BCUT2D eigenvalue weighted by Gasteiger charge is 2.02. The first-order chi connectivity index (χ1) is 8.83. The van der Waals surface area contributed by atoms with E-state index in [9.17, 15) is 4.79 Å². The second kappa shape index (κ2) is 6.36. The van der Waals surface area contributed by atoms with E-state index >= 15 is 0 Å². The van der Waals surface area contributed by atoms with Gasteiger partial charge in [0, 0.05) is 4.88 Å². The van der Waals surface area contributed by atoms with Crippen molar-refractivity contribution in [3.8, 4) is 16.2 Å². The molecule has 0 saturated heterocycles. The number of carbonyl (C=O) groups excluding carboxylic acids is 1. The van der Waals surface area contributed by atoms with Crippen LogP contribution in [0.1, 0.15) is 29.4 Å². The molecule has 0 fully saturated rings. The Morgan fingerprint density at radius 2 is 1.94 bits per heavy atom. The van der Waals surface area contributed by atoms with E-state index in [0.29, 0.717) is 0 Å². The van der Waals surface area contributed by atoms with Crippen LogP contribution < -0.4 is 4.74 Å². The first-order valence-corrected chi connectivity index (χ1v) is 6.93. The van der Waals surface area contributed by atoms with Gasteiger partial charge in [0.05, 0.1) is 11.5 Å². The van der Waals surface area contributed by atoms with Gasteiger partial charge in [-0.15, -0.1) is 11.3 Å². The van der Waals surface area contributed by atoms with Crippen LogP contribution in [-0.4, -0.2) is 12.9 Å². The Balaban J connectivity index is 2.04. The molecule has 2 rings (SSSR count). The lowest BCUT2D eigenvalue weighted by atomic mass is 10.2. The highest BCUT2D eigenvalue weighted by molar-refractivity contribution is 7.17. The number of hydrogen-bond acceptors (Lipinski definition) is 3. The lowest BCUT2D eigenvalue weighted by Gasteiger charge is -2.05. The summed E-state index contributed by atoms with van der Waals surface area (Å²) in [6.07, 6.45) is 3.10. The van der Waals surface area contributed by atoms with Gasteiger partial charge in [-0.2, -0.15) is 0 Å². The van der Waals surface area contributed by atoms with Crippen LogP contribution in [-0.2, 0) is 0 Å². The van der Waals surface area contributed by atoms with Gasteiger partial charge in [-0.25, -0.2) is 0 Å². The molecule has 0 saturated carbocycles. The summed E-state index contributed by atoms with van der Waals surface area (Å²) in [6, 6.07) is 11.8. The van der Waals surface area contributed by atoms with Gasteiger partial charge in [0.15, 0.2) is 6.29 Å². The van der Waals surface area contributed by atoms with Gasteiger partial charge in [-0.1, -0.05) is 13.3 Å². The maximum absolute atomic E-state index is 10.6. The third-order valence-corrected chi connectivity index (χ3v) is 3.71. The zero-order chi connectivity index (χ0) is 12.8. The van der Waals surface area contributed by atoms with E-state index in [1.807, 2.05) is 36.4 Å². The maximum atomic E-state index is 10.6. The molecule has 0 aliphatic carbocycles. The van der Waals surface area contributed by atoms with Crippen LogP contribution in [0.4, 0.5) is 0 Å². The van der Waals surface area contributed by atoms with Crippen molar-refractivity contribution in [2.24, 2.45) is 0 Å². The third-order valence-electron chi connectivity index (χ3n) is 2.65. The van der Waals surface area contributed by atoms with Gasteiger partial charge in [0.2, 0.25) is 0 Å². The van der Waals surface area contributed by atoms with Crippen LogP contribution in [0.3, 0.4) is 0 Å². The monoisotopic (exact) mass is 260 g/mol. The minimum Gasteiger partial charge on any atom is -0.494 e. The lowest BCUT2D eigenvalue weighted by molar-refractivity contribution is 0.112. The Kier molecular flexibility index (Phi) is 4.53. The van der Waals surface area contributed by atoms with Crippen molar-refractivity contribution in [2.75, 3.05) is 6.61 Å². The first-order valence-electron chi connectivity index (χ1n) is 6.11. The fraction of sp³-hybridized carbons (Fsp3) is 0.267. The Labute approximate surface area is 111 Å². The zero-order valence-electron chi connectivity index (χ0n) is 10.4. The molecule has 0 atom stereocenters. The molecule has 2 nitrogen and oxygen atoms in total. The molecule has 1 aromatic heterocycles. The molecule has 0 N–H and O–H groups in total. The molecule has 0 amide bonds. The quantitative estimate of drug-likeness (QED) is 0.568. The first kappa shape index (κ1) is 12.8. The summed E-state index contributed by atoms with van der Waals surface area (Å²) >= 11 is 1.50. The van der Waals surface area contributed by atoms with E-state index in [4.69, 9.17) is 4.74 Å². The zero-order valence-corrected chi connectivity index (χ0v) is 11.2. The molecule has 2 aromatic rings. The summed E-state index contributed by atoms with van der Waals surface area (Å²) in [7, 11) is 0. The van der Waals surface area contributed by atoms with Crippen molar-refractivity contribution >= 4 is 17.6 Å². The largest absolute Gasteiger partial charge is 0.494 e. The van der Waals surface area contributed by atoms with Gasteiger partial charge >= 0.3 is 0 Å². The predicted octanol–water partition coefficient (Wildman–Crippen LogP) is 4.41. The molecule has 18 heavy (non-hydrogen) atoms. The SMILES string of the molecule is CCCCOc1ccc(-c2ccc(C=O)s2)cc1. The van der Waals surface area contributed by atoms with Gasteiger partial charge in [-0.05, 0) is 48.4 Å². The van der Waals surface area contributed by atoms with Gasteiger partial charge < -0.3 is 4.74 Å². The Hall–Kier alpha value is -1.61. The summed E-state index contributed by atoms with van der Waals surface area (Å²) in [5, 5.41) is 0. The summed E-state index contributed by atoms with van der Waals surface area (Å²) < 4.78 is 5.61. The van der Waals surface area contributed by atoms with Crippen LogP contribution in [0, 0.1) is 0 Å². The molecule has 94 valence electrons. The number of thiophene rings is 1. The van der Waals surface area contributed by atoms with E-state index in [1.165, 1.54) is 11.3 Å². The highest BCUT2D eigenvalue weighted by Crippen LogP contribution is 2.28. The third kappa shape index (κ3) is 3.20. The van der Waals surface area contributed by atoms with E-state index in [1.54, 1.807) is 0 Å². The maximum Gasteiger partial charge on any atom is 0.160 e. The van der Waals surface area contributed by atoms with Crippen molar-refractivity contribution in [3.05, 3.63) is 41.3 Å². The van der Waals surface area contributed by atoms with E-state index < -0.39 is 0 Å². The van der Waals surface area contributed by atoms with Crippen LogP contribution in [0.5, 0.6) is 5.75 Å². The average Bonchev–Trinajstić information content (AvgIpc) is 2.89. The van der Waals surface area contributed by atoms with E-state index in [0.717, 1.165) is 46.8 Å². The molecule has 0 bridgehead atoms. The molecule has 0 radical (unpaired) electrons. The molecule has 1 aromatic carbocycles. The molecule has 0 spiro atoms. The highest BCUT2D eigenvalue weighted by atomic mass is 32.1. The molecular formula is C15H16O2S. The second-order valence-electron chi connectivity index (χ2n) is 4.05. The summed E-state index contributed by atoms with van der Waals surface area (Å²) in [4.78, 5) is 12.5. The Morgan fingerprint density at radius 3 is 2.56 bits per heavy atom. The fourth-order valence-corrected chi connectivity index (χ4v) is 2.45. The second-order valence-corrected chi connectivity index (χ2v) is 5.16. The normalized spacial score (nSPS) is 10.3. The van der Waals surface area contributed by atoms with Crippen molar-refractivity contribution in [3.63, 3.8) is 0 Å². The smallest absolute Gasteiger partial charge is 0.160 e. The topological polar surface area (TPSA) is 26.3 Å². The van der Waals surface area contributed by atoms with Crippen LogP contribution in [0.15, 0.2) is 36.4 Å². The molecule has 0 unspecified atom stereocenters. The van der Waals surface area contributed by atoms with Crippen molar-refractivity contribution in [1.29, 1.82) is 0 Å². The molecule has 0 aliphatic heterocycles. The summed E-state index contributed by atoms with van der Waals surface area (Å²) in [6.45, 7) is 2.91. The molecular weight excluding hydrogens is 244 g/mol. The summed E-state index contributed by atoms with van der Waals surface area (Å²) in [5.41, 5.74) is 1.12. The molecule has 3 heteroatoms. The summed E-state index contributed by atoms with van der Waals surface area (Å²) in [5.74, 6) is 0.902. The minimum absolute atomic E-state index is 0.758. The van der Waals surface area contributed by atoms with Crippen molar-refractivity contribution < 1.29 is 9.53 Å². The van der Waals surface area contributed by atoms with Crippen LogP contribution in [0.25, 0.3) is 10.4 Å². The fourth-order valence-electron chi connectivity index (χ4n) is 1.62. The van der Waals surface area contributed by atoms with Gasteiger partial charge in [0.1, 0.15) is 5.75 Å². The number of rotatable bonds is 6. The van der Waals surface area contributed by atoms with Crippen molar-refractivity contribution in [1.82, 2.24) is 0 Å². The van der Waals surface area contributed by atoms with Crippen LogP contribution in [0.2, 0.25) is 0 Å². The van der Waals surface area contributed by atoms with Gasteiger partial charge in [-0.3, -0.25) is 4.79 Å². The number of aldehydes is 1. The number of benzene rings is 1. The predicted molar refractivity (Wildman–Crippen MR) is 75.5 cm³/mol. The number of unbranched alkanes of at least 4 members (excludes halogenated alkanes) is 1. The molecule has 0 aliphatic rings.